The molecule has 1 unspecified atom stereocenters. The summed E-state index contributed by atoms with van der Waals surface area (Å²) >= 11 is 0. The minimum absolute atomic E-state index is 0.255. The first kappa shape index (κ1) is 15.1. The molecule has 7 heteroatoms. The molecular weight excluding hydrogens is 252 g/mol. The van der Waals surface area contributed by atoms with Crippen molar-refractivity contribution in [1.29, 1.82) is 0 Å². The van der Waals surface area contributed by atoms with Crippen molar-refractivity contribution in [1.82, 2.24) is 14.9 Å². The second-order valence-electron chi connectivity index (χ2n) is 4.47. The van der Waals surface area contributed by atoms with E-state index in [1.165, 1.54) is 0 Å². The quantitative estimate of drug-likeness (QED) is 0.680. The van der Waals surface area contributed by atoms with Crippen LogP contribution >= 0.6 is 0 Å². The van der Waals surface area contributed by atoms with Gasteiger partial charge in [0.05, 0.1) is 11.4 Å². The maximum absolute atomic E-state index is 12.2. The zero-order chi connectivity index (χ0) is 13.8. The molecule has 4 N–H and O–H groups in total. The number of aryl methyl sites for hydroxylation is 2. The maximum atomic E-state index is 12.2. The highest BCUT2D eigenvalue weighted by atomic mass is 32.2. The standard InChI is InChI=1S/C11H22N4O2S/c1-4-10(5-6-12)7-13-18(16,17)11-8(2)14-15-9(11)3/h10,13H,4-7,12H2,1-3H3,(H,14,15). The SMILES string of the molecule is CCC(CCN)CNS(=O)(=O)c1c(C)n[nH]c1C. The summed E-state index contributed by atoms with van der Waals surface area (Å²) in [5.41, 5.74) is 6.55. The zero-order valence-electron chi connectivity index (χ0n) is 11.2. The number of nitrogens with one attached hydrogen (secondary N) is 2. The highest BCUT2D eigenvalue weighted by Gasteiger charge is 2.22. The van der Waals surface area contributed by atoms with Crippen LogP contribution in [-0.2, 0) is 10.0 Å². The van der Waals surface area contributed by atoms with Gasteiger partial charge >= 0.3 is 0 Å². The van der Waals surface area contributed by atoms with E-state index in [0.29, 0.717) is 24.5 Å². The molecule has 0 amide bonds. The molecule has 0 radical (unpaired) electrons. The number of aromatic nitrogens is 2. The number of nitrogens with two attached hydrogens (primary N) is 1. The van der Waals surface area contributed by atoms with E-state index in [1.807, 2.05) is 6.92 Å². The summed E-state index contributed by atoms with van der Waals surface area (Å²) in [5.74, 6) is 0.275. The third-order valence-electron chi connectivity index (χ3n) is 3.04. The molecule has 0 aliphatic rings. The third-order valence-corrected chi connectivity index (χ3v) is 4.73. The van der Waals surface area contributed by atoms with Gasteiger partial charge in [-0.3, -0.25) is 5.10 Å². The molecule has 104 valence electrons. The highest BCUT2D eigenvalue weighted by Crippen LogP contribution is 2.17. The fourth-order valence-electron chi connectivity index (χ4n) is 1.92. The lowest BCUT2D eigenvalue weighted by Gasteiger charge is -2.14. The van der Waals surface area contributed by atoms with Crippen molar-refractivity contribution < 1.29 is 8.42 Å². The fourth-order valence-corrected chi connectivity index (χ4v) is 3.41. The van der Waals surface area contributed by atoms with Crippen LogP contribution < -0.4 is 10.5 Å². The van der Waals surface area contributed by atoms with Crippen LogP contribution in [-0.4, -0.2) is 31.7 Å². The maximum Gasteiger partial charge on any atom is 0.244 e. The highest BCUT2D eigenvalue weighted by molar-refractivity contribution is 7.89. The first-order valence-electron chi connectivity index (χ1n) is 6.13. The van der Waals surface area contributed by atoms with E-state index < -0.39 is 10.0 Å². The predicted octanol–water partition coefficient (Wildman–Crippen LogP) is 0.680. The van der Waals surface area contributed by atoms with Gasteiger partial charge in [-0.25, -0.2) is 13.1 Å². The lowest BCUT2D eigenvalue weighted by atomic mass is 10.0. The van der Waals surface area contributed by atoms with Gasteiger partial charge in [0.2, 0.25) is 10.0 Å². The molecule has 1 heterocycles. The van der Waals surface area contributed by atoms with Gasteiger partial charge in [-0.1, -0.05) is 13.3 Å². The summed E-state index contributed by atoms with van der Waals surface area (Å²) < 4.78 is 27.0. The van der Waals surface area contributed by atoms with E-state index >= 15 is 0 Å². The Morgan fingerprint density at radius 2 is 2.11 bits per heavy atom. The Kier molecular flexibility index (Phi) is 5.30. The van der Waals surface area contributed by atoms with E-state index in [0.717, 1.165) is 12.8 Å². The largest absolute Gasteiger partial charge is 0.330 e. The average Bonchev–Trinajstić information content (AvgIpc) is 2.65. The summed E-state index contributed by atoms with van der Waals surface area (Å²) in [7, 11) is -3.49. The first-order chi connectivity index (χ1) is 8.42. The summed E-state index contributed by atoms with van der Waals surface area (Å²) in [6.07, 6.45) is 1.73. The lowest BCUT2D eigenvalue weighted by molar-refractivity contribution is 0.465. The number of nitrogens with zero attached hydrogens (tertiary/aromatic N) is 1. The van der Waals surface area contributed by atoms with Gasteiger partial charge in [0.15, 0.2) is 0 Å². The molecule has 0 aliphatic heterocycles. The monoisotopic (exact) mass is 274 g/mol. The van der Waals surface area contributed by atoms with E-state index in [1.54, 1.807) is 13.8 Å². The smallest absolute Gasteiger partial charge is 0.244 e. The number of aromatic amines is 1. The van der Waals surface area contributed by atoms with Crippen molar-refractivity contribution in [3.63, 3.8) is 0 Å². The number of rotatable bonds is 7. The van der Waals surface area contributed by atoms with Crippen LogP contribution in [0.4, 0.5) is 0 Å². The number of H-pyrrole nitrogens is 1. The van der Waals surface area contributed by atoms with Crippen molar-refractivity contribution in [2.24, 2.45) is 11.7 Å². The zero-order valence-corrected chi connectivity index (χ0v) is 12.0. The molecule has 1 aromatic heterocycles. The molecule has 0 aromatic carbocycles. The van der Waals surface area contributed by atoms with Gasteiger partial charge in [0.25, 0.3) is 0 Å². The van der Waals surface area contributed by atoms with Crippen molar-refractivity contribution >= 4 is 10.0 Å². The van der Waals surface area contributed by atoms with Crippen LogP contribution in [0, 0.1) is 19.8 Å². The van der Waals surface area contributed by atoms with Gasteiger partial charge in [0, 0.05) is 6.54 Å². The Labute approximate surface area is 108 Å². The van der Waals surface area contributed by atoms with E-state index in [-0.39, 0.29) is 10.8 Å². The Balaban J connectivity index is 2.77. The fraction of sp³-hybridized carbons (Fsp3) is 0.727. The predicted molar refractivity (Wildman–Crippen MR) is 70.7 cm³/mol. The molecule has 0 saturated heterocycles. The van der Waals surface area contributed by atoms with Crippen molar-refractivity contribution in [3.05, 3.63) is 11.4 Å². The van der Waals surface area contributed by atoms with Crippen LogP contribution in [0.2, 0.25) is 0 Å². The van der Waals surface area contributed by atoms with Crippen LogP contribution in [0.5, 0.6) is 0 Å². The molecule has 6 nitrogen and oxygen atoms in total. The van der Waals surface area contributed by atoms with Crippen molar-refractivity contribution in [3.8, 4) is 0 Å². The Bertz CT molecular complexity index is 462. The number of hydrogen-bond donors (Lipinski definition) is 3. The Hall–Kier alpha value is -0.920. The third kappa shape index (κ3) is 3.54. The molecule has 0 aliphatic carbocycles. The lowest BCUT2D eigenvalue weighted by Crippen LogP contribution is -2.30. The Morgan fingerprint density at radius 3 is 2.56 bits per heavy atom. The second-order valence-corrected chi connectivity index (χ2v) is 6.17. The minimum atomic E-state index is -3.49. The number of hydrogen-bond acceptors (Lipinski definition) is 4. The van der Waals surface area contributed by atoms with E-state index in [9.17, 15) is 8.42 Å². The van der Waals surface area contributed by atoms with Gasteiger partial charge in [-0.15, -0.1) is 0 Å². The van der Waals surface area contributed by atoms with Crippen LogP contribution in [0.25, 0.3) is 0 Å². The molecule has 1 rings (SSSR count). The molecule has 1 atom stereocenters. The normalized spacial score (nSPS) is 13.8. The summed E-state index contributed by atoms with van der Waals surface area (Å²) in [6, 6.07) is 0. The van der Waals surface area contributed by atoms with Crippen molar-refractivity contribution in [2.45, 2.75) is 38.5 Å². The summed E-state index contributed by atoms with van der Waals surface area (Å²) in [6.45, 7) is 6.40. The molecule has 0 fully saturated rings. The van der Waals surface area contributed by atoms with Gasteiger partial charge in [-0.2, -0.15) is 5.10 Å². The second kappa shape index (κ2) is 6.31. The van der Waals surface area contributed by atoms with E-state index in [4.69, 9.17) is 5.73 Å². The summed E-state index contributed by atoms with van der Waals surface area (Å²) in [5, 5.41) is 6.58. The first-order valence-corrected chi connectivity index (χ1v) is 7.62. The van der Waals surface area contributed by atoms with Gasteiger partial charge in [0.1, 0.15) is 4.90 Å². The number of sulfonamides is 1. The minimum Gasteiger partial charge on any atom is -0.330 e. The summed E-state index contributed by atoms with van der Waals surface area (Å²) in [4.78, 5) is 0.255. The average molecular weight is 274 g/mol. The molecule has 1 aromatic rings. The van der Waals surface area contributed by atoms with Crippen LogP contribution in [0.1, 0.15) is 31.2 Å². The molecule has 18 heavy (non-hydrogen) atoms. The van der Waals surface area contributed by atoms with Crippen LogP contribution in [0.15, 0.2) is 4.90 Å². The Morgan fingerprint density at radius 1 is 1.44 bits per heavy atom. The molecule has 0 spiro atoms. The molecular formula is C11H22N4O2S. The molecule has 0 saturated carbocycles. The van der Waals surface area contributed by atoms with Gasteiger partial charge in [-0.05, 0) is 32.7 Å². The van der Waals surface area contributed by atoms with E-state index in [2.05, 4.69) is 14.9 Å². The van der Waals surface area contributed by atoms with Gasteiger partial charge < -0.3 is 5.73 Å². The van der Waals surface area contributed by atoms with Crippen LogP contribution in [0.3, 0.4) is 0 Å². The molecule has 0 bridgehead atoms. The van der Waals surface area contributed by atoms with Crippen molar-refractivity contribution in [2.75, 3.05) is 13.1 Å². The topological polar surface area (TPSA) is 101 Å².